The Morgan fingerprint density at radius 2 is 2.18 bits per heavy atom. The van der Waals surface area contributed by atoms with Crippen LogP contribution in [0, 0.1) is 13.8 Å². The molecule has 0 saturated heterocycles. The number of aromatic nitrogens is 3. The zero-order valence-corrected chi connectivity index (χ0v) is 10.2. The summed E-state index contributed by atoms with van der Waals surface area (Å²) in [5, 5.41) is 3.22. The smallest absolute Gasteiger partial charge is 0.213 e. The van der Waals surface area contributed by atoms with Crippen LogP contribution in [-0.4, -0.2) is 15.0 Å². The SMILES string of the molecule is Cc1nc(CNc2ncnc(Cl)c2N)oc1C. The third kappa shape index (κ3) is 2.47. The first kappa shape index (κ1) is 11.7. The predicted molar refractivity (Wildman–Crippen MR) is 64.8 cm³/mol. The number of nitrogens with one attached hydrogen (secondary N) is 1. The lowest BCUT2D eigenvalue weighted by Crippen LogP contribution is -2.05. The summed E-state index contributed by atoms with van der Waals surface area (Å²) < 4.78 is 5.42. The molecule has 6 nitrogen and oxygen atoms in total. The summed E-state index contributed by atoms with van der Waals surface area (Å²) >= 11 is 5.77. The van der Waals surface area contributed by atoms with Gasteiger partial charge in [0.1, 0.15) is 17.8 Å². The molecule has 0 aromatic carbocycles. The number of hydrogen-bond acceptors (Lipinski definition) is 6. The molecule has 0 saturated carbocycles. The van der Waals surface area contributed by atoms with E-state index in [9.17, 15) is 0 Å². The lowest BCUT2D eigenvalue weighted by Gasteiger charge is -2.06. The number of rotatable bonds is 3. The van der Waals surface area contributed by atoms with Gasteiger partial charge in [0.15, 0.2) is 11.0 Å². The minimum atomic E-state index is 0.224. The highest BCUT2D eigenvalue weighted by Gasteiger charge is 2.08. The average Bonchev–Trinajstić information content (AvgIpc) is 2.61. The fourth-order valence-electron chi connectivity index (χ4n) is 1.29. The Morgan fingerprint density at radius 3 is 2.82 bits per heavy atom. The predicted octanol–water partition coefficient (Wildman–Crippen LogP) is 1.93. The summed E-state index contributed by atoms with van der Waals surface area (Å²) in [7, 11) is 0. The Bertz CT molecular complexity index is 520. The second kappa shape index (κ2) is 4.58. The summed E-state index contributed by atoms with van der Waals surface area (Å²) in [5.74, 6) is 1.85. The van der Waals surface area contributed by atoms with Crippen molar-refractivity contribution in [3.05, 3.63) is 28.8 Å². The maximum atomic E-state index is 5.77. The topological polar surface area (TPSA) is 89.9 Å². The van der Waals surface area contributed by atoms with Gasteiger partial charge in [0.25, 0.3) is 0 Å². The first-order valence-corrected chi connectivity index (χ1v) is 5.38. The molecule has 3 N–H and O–H groups in total. The molecule has 0 bridgehead atoms. The van der Waals surface area contributed by atoms with E-state index in [-0.39, 0.29) is 5.15 Å². The van der Waals surface area contributed by atoms with Crippen LogP contribution in [0.2, 0.25) is 5.15 Å². The van der Waals surface area contributed by atoms with Gasteiger partial charge in [-0.1, -0.05) is 11.6 Å². The number of nitrogen functional groups attached to an aromatic ring is 1. The Balaban J connectivity index is 2.10. The number of hydrogen-bond donors (Lipinski definition) is 2. The first-order chi connectivity index (χ1) is 8.08. The van der Waals surface area contributed by atoms with Gasteiger partial charge in [-0.3, -0.25) is 0 Å². The van der Waals surface area contributed by atoms with Crippen LogP contribution in [0.4, 0.5) is 11.5 Å². The van der Waals surface area contributed by atoms with Crippen molar-refractivity contribution in [2.45, 2.75) is 20.4 Å². The monoisotopic (exact) mass is 253 g/mol. The molecule has 90 valence electrons. The van der Waals surface area contributed by atoms with Crippen molar-refractivity contribution in [2.24, 2.45) is 0 Å². The summed E-state index contributed by atoms with van der Waals surface area (Å²) in [6.07, 6.45) is 1.34. The average molecular weight is 254 g/mol. The van der Waals surface area contributed by atoms with Gasteiger partial charge in [0.05, 0.1) is 12.2 Å². The molecule has 7 heteroatoms. The van der Waals surface area contributed by atoms with E-state index in [1.165, 1.54) is 6.33 Å². The maximum absolute atomic E-state index is 5.77. The normalized spacial score (nSPS) is 10.5. The molecule has 0 radical (unpaired) electrons. The van der Waals surface area contributed by atoms with E-state index in [4.69, 9.17) is 21.8 Å². The van der Waals surface area contributed by atoms with E-state index in [1.807, 2.05) is 13.8 Å². The van der Waals surface area contributed by atoms with E-state index < -0.39 is 0 Å². The van der Waals surface area contributed by atoms with Crippen molar-refractivity contribution in [3.8, 4) is 0 Å². The van der Waals surface area contributed by atoms with Gasteiger partial charge < -0.3 is 15.5 Å². The maximum Gasteiger partial charge on any atom is 0.213 e. The molecule has 0 amide bonds. The minimum Gasteiger partial charge on any atom is -0.444 e. The van der Waals surface area contributed by atoms with Gasteiger partial charge in [-0.15, -0.1) is 0 Å². The molecule has 0 fully saturated rings. The standard InChI is InChI=1S/C10H12ClN5O/c1-5-6(2)17-7(16-5)3-13-10-8(12)9(11)14-4-15-10/h4H,3,12H2,1-2H3,(H,13,14,15). The zero-order valence-electron chi connectivity index (χ0n) is 9.49. The van der Waals surface area contributed by atoms with Crippen LogP contribution >= 0.6 is 11.6 Å². The Morgan fingerprint density at radius 1 is 1.41 bits per heavy atom. The third-order valence-corrected chi connectivity index (χ3v) is 2.62. The van der Waals surface area contributed by atoms with Crippen LogP contribution in [0.1, 0.15) is 17.3 Å². The molecule has 0 aliphatic rings. The molecule has 2 rings (SSSR count). The molecule has 0 spiro atoms. The zero-order chi connectivity index (χ0) is 12.4. The van der Waals surface area contributed by atoms with Gasteiger partial charge >= 0.3 is 0 Å². The summed E-state index contributed by atoms with van der Waals surface area (Å²) in [6, 6.07) is 0. The van der Waals surface area contributed by atoms with Crippen molar-refractivity contribution >= 4 is 23.1 Å². The first-order valence-electron chi connectivity index (χ1n) is 5.00. The van der Waals surface area contributed by atoms with Crippen LogP contribution in [0.3, 0.4) is 0 Å². The molecule has 0 aliphatic heterocycles. The fraction of sp³-hybridized carbons (Fsp3) is 0.300. The minimum absolute atomic E-state index is 0.224. The number of anilines is 2. The van der Waals surface area contributed by atoms with Crippen molar-refractivity contribution in [3.63, 3.8) is 0 Å². The van der Waals surface area contributed by atoms with Gasteiger partial charge in [-0.25, -0.2) is 15.0 Å². The molecular formula is C10H12ClN5O. The Labute approximate surface area is 103 Å². The van der Waals surface area contributed by atoms with E-state index in [2.05, 4.69) is 20.3 Å². The second-order valence-electron chi connectivity index (χ2n) is 3.53. The molecule has 2 heterocycles. The second-order valence-corrected chi connectivity index (χ2v) is 3.89. The van der Waals surface area contributed by atoms with E-state index in [0.717, 1.165) is 11.5 Å². The number of nitrogens with zero attached hydrogens (tertiary/aromatic N) is 3. The van der Waals surface area contributed by atoms with Crippen molar-refractivity contribution in [1.82, 2.24) is 15.0 Å². The lowest BCUT2D eigenvalue weighted by atomic mass is 10.4. The largest absolute Gasteiger partial charge is 0.444 e. The molecule has 0 unspecified atom stereocenters. The van der Waals surface area contributed by atoms with Crippen LogP contribution in [0.15, 0.2) is 10.7 Å². The van der Waals surface area contributed by atoms with Crippen molar-refractivity contribution in [1.29, 1.82) is 0 Å². The molecule has 2 aromatic heterocycles. The van der Waals surface area contributed by atoms with Crippen LogP contribution in [0.5, 0.6) is 0 Å². The number of oxazole rings is 1. The number of nitrogens with two attached hydrogens (primary N) is 1. The summed E-state index contributed by atoms with van der Waals surface area (Å²) in [5.41, 5.74) is 6.90. The van der Waals surface area contributed by atoms with Gasteiger partial charge in [-0.05, 0) is 13.8 Å². The molecule has 17 heavy (non-hydrogen) atoms. The highest BCUT2D eigenvalue weighted by molar-refractivity contribution is 6.32. The van der Waals surface area contributed by atoms with E-state index >= 15 is 0 Å². The molecule has 2 aromatic rings. The lowest BCUT2D eigenvalue weighted by molar-refractivity contribution is 0.478. The van der Waals surface area contributed by atoms with E-state index in [1.54, 1.807) is 0 Å². The Kier molecular flexibility index (Phi) is 3.14. The third-order valence-electron chi connectivity index (χ3n) is 2.32. The van der Waals surface area contributed by atoms with Gasteiger partial charge in [-0.2, -0.15) is 0 Å². The number of aryl methyl sites for hydroxylation is 2. The highest BCUT2D eigenvalue weighted by Crippen LogP contribution is 2.22. The van der Waals surface area contributed by atoms with Crippen LogP contribution in [0.25, 0.3) is 0 Å². The fourth-order valence-corrected chi connectivity index (χ4v) is 1.42. The number of halogens is 1. The Hall–Kier alpha value is -1.82. The highest BCUT2D eigenvalue weighted by atomic mass is 35.5. The van der Waals surface area contributed by atoms with Gasteiger partial charge in [0.2, 0.25) is 5.89 Å². The van der Waals surface area contributed by atoms with Crippen molar-refractivity contribution < 1.29 is 4.42 Å². The van der Waals surface area contributed by atoms with Crippen LogP contribution in [-0.2, 0) is 6.54 Å². The van der Waals surface area contributed by atoms with Gasteiger partial charge in [0, 0.05) is 0 Å². The molecule has 0 atom stereocenters. The summed E-state index contributed by atoms with van der Waals surface area (Å²) in [6.45, 7) is 4.15. The van der Waals surface area contributed by atoms with Crippen molar-refractivity contribution in [2.75, 3.05) is 11.1 Å². The quantitative estimate of drug-likeness (QED) is 0.813. The molecular weight excluding hydrogens is 242 g/mol. The van der Waals surface area contributed by atoms with E-state index in [0.29, 0.717) is 23.9 Å². The van der Waals surface area contributed by atoms with Crippen LogP contribution < -0.4 is 11.1 Å². The summed E-state index contributed by atoms with van der Waals surface area (Å²) in [4.78, 5) is 12.0. The molecule has 0 aliphatic carbocycles.